The Bertz CT molecular complexity index is 522. The van der Waals surface area contributed by atoms with E-state index < -0.39 is 4.92 Å². The van der Waals surface area contributed by atoms with Crippen LogP contribution in [-0.2, 0) is 0 Å². The number of hydrogen-bond acceptors (Lipinski definition) is 4. The number of rotatable bonds is 3. The van der Waals surface area contributed by atoms with Crippen molar-refractivity contribution in [2.24, 2.45) is 5.92 Å². The van der Waals surface area contributed by atoms with Crippen LogP contribution in [0.4, 0.5) is 5.69 Å². The first-order chi connectivity index (χ1) is 9.11. The Balaban J connectivity index is 2.17. The molecular weight excluding hydrogens is 244 g/mol. The van der Waals surface area contributed by atoms with E-state index in [9.17, 15) is 10.1 Å². The van der Waals surface area contributed by atoms with Crippen molar-refractivity contribution in [3.05, 3.63) is 33.9 Å². The molecule has 2 unspecified atom stereocenters. The van der Waals surface area contributed by atoms with E-state index in [0.29, 0.717) is 11.7 Å². The maximum atomic E-state index is 10.7. The van der Waals surface area contributed by atoms with E-state index in [1.165, 1.54) is 18.6 Å². The van der Waals surface area contributed by atoms with Crippen molar-refractivity contribution >= 4 is 5.69 Å². The molecule has 0 saturated heterocycles. The molecule has 0 aliphatic heterocycles. The van der Waals surface area contributed by atoms with Crippen molar-refractivity contribution in [2.75, 3.05) is 0 Å². The predicted molar refractivity (Wildman–Crippen MR) is 69.9 cm³/mol. The van der Waals surface area contributed by atoms with E-state index in [2.05, 4.69) is 6.92 Å². The summed E-state index contributed by atoms with van der Waals surface area (Å²) < 4.78 is 5.87. The summed E-state index contributed by atoms with van der Waals surface area (Å²) in [5, 5.41) is 19.7. The maximum Gasteiger partial charge on any atom is 0.287 e. The van der Waals surface area contributed by atoms with Crippen molar-refractivity contribution in [1.29, 1.82) is 5.26 Å². The lowest BCUT2D eigenvalue weighted by atomic mass is 9.88. The Morgan fingerprint density at radius 2 is 2.16 bits per heavy atom. The van der Waals surface area contributed by atoms with Crippen LogP contribution < -0.4 is 4.74 Å². The van der Waals surface area contributed by atoms with Crippen LogP contribution >= 0.6 is 0 Å². The Morgan fingerprint density at radius 1 is 1.42 bits per heavy atom. The quantitative estimate of drug-likeness (QED) is 0.616. The molecule has 0 bridgehead atoms. The molecule has 2 atom stereocenters. The summed E-state index contributed by atoms with van der Waals surface area (Å²) in [6.45, 7) is 2.15. The number of hydrogen-bond donors (Lipinski definition) is 0. The van der Waals surface area contributed by atoms with Gasteiger partial charge in [0.25, 0.3) is 5.69 Å². The minimum Gasteiger partial charge on any atom is -0.490 e. The Labute approximate surface area is 112 Å². The van der Waals surface area contributed by atoms with Crippen LogP contribution in [0.25, 0.3) is 0 Å². The van der Waals surface area contributed by atoms with Gasteiger partial charge in [-0.25, -0.2) is 0 Å². The molecule has 5 nitrogen and oxygen atoms in total. The first-order valence-electron chi connectivity index (χ1n) is 6.47. The normalized spacial score (nSPS) is 22.5. The van der Waals surface area contributed by atoms with Gasteiger partial charge in [0.15, 0.2) is 0 Å². The SMILES string of the molecule is CC1CCCCC1Oc1ccc([N+](=O)[O-])c(C#N)c1. The summed E-state index contributed by atoms with van der Waals surface area (Å²) in [5.74, 6) is 1.02. The lowest BCUT2D eigenvalue weighted by molar-refractivity contribution is -0.385. The van der Waals surface area contributed by atoms with E-state index in [1.807, 2.05) is 6.07 Å². The van der Waals surface area contributed by atoms with E-state index in [0.717, 1.165) is 19.3 Å². The number of benzene rings is 1. The van der Waals surface area contributed by atoms with Crippen molar-refractivity contribution in [3.63, 3.8) is 0 Å². The van der Waals surface area contributed by atoms with Gasteiger partial charge in [0.2, 0.25) is 0 Å². The summed E-state index contributed by atoms with van der Waals surface area (Å²) >= 11 is 0. The highest BCUT2D eigenvalue weighted by Gasteiger charge is 2.23. The molecule has 2 rings (SSSR count). The van der Waals surface area contributed by atoms with Crippen molar-refractivity contribution in [3.8, 4) is 11.8 Å². The number of nitro groups is 1. The fraction of sp³-hybridized carbons (Fsp3) is 0.500. The zero-order chi connectivity index (χ0) is 13.8. The summed E-state index contributed by atoms with van der Waals surface area (Å²) in [5.41, 5.74) is -0.127. The van der Waals surface area contributed by atoms with Gasteiger partial charge in [-0.05, 0) is 31.2 Å². The molecule has 100 valence electrons. The van der Waals surface area contributed by atoms with E-state index >= 15 is 0 Å². The smallest absolute Gasteiger partial charge is 0.287 e. The van der Waals surface area contributed by atoms with Gasteiger partial charge in [0, 0.05) is 12.1 Å². The Morgan fingerprint density at radius 3 is 2.79 bits per heavy atom. The fourth-order valence-electron chi connectivity index (χ4n) is 2.47. The molecule has 0 spiro atoms. The maximum absolute atomic E-state index is 10.7. The highest BCUT2D eigenvalue weighted by atomic mass is 16.6. The Kier molecular flexibility index (Phi) is 4.00. The third-order valence-electron chi connectivity index (χ3n) is 3.61. The molecule has 0 aromatic heterocycles. The zero-order valence-electron chi connectivity index (χ0n) is 10.8. The minimum atomic E-state index is -0.550. The van der Waals surface area contributed by atoms with Crippen LogP contribution in [0.5, 0.6) is 5.75 Å². The van der Waals surface area contributed by atoms with Crippen molar-refractivity contribution in [1.82, 2.24) is 0 Å². The van der Waals surface area contributed by atoms with Gasteiger partial charge in [-0.2, -0.15) is 5.26 Å². The van der Waals surface area contributed by atoms with Crippen LogP contribution in [-0.4, -0.2) is 11.0 Å². The number of nitrogens with zero attached hydrogens (tertiary/aromatic N) is 2. The van der Waals surface area contributed by atoms with E-state index in [1.54, 1.807) is 6.07 Å². The van der Waals surface area contributed by atoms with Gasteiger partial charge < -0.3 is 4.74 Å². The second-order valence-electron chi connectivity index (χ2n) is 4.97. The predicted octanol–water partition coefficient (Wildman–Crippen LogP) is 3.42. The molecule has 0 radical (unpaired) electrons. The standard InChI is InChI=1S/C14H16N2O3/c1-10-4-2-3-5-14(10)19-12-6-7-13(16(17)18)11(8-12)9-15/h6-8,10,14H,2-5H2,1H3. The monoisotopic (exact) mass is 260 g/mol. The summed E-state index contributed by atoms with van der Waals surface area (Å²) in [7, 11) is 0. The zero-order valence-corrected chi connectivity index (χ0v) is 10.8. The Hall–Kier alpha value is -2.09. The van der Waals surface area contributed by atoms with E-state index in [-0.39, 0.29) is 17.4 Å². The van der Waals surface area contributed by atoms with Gasteiger partial charge in [0.05, 0.1) is 4.92 Å². The lowest BCUT2D eigenvalue weighted by Gasteiger charge is -2.29. The molecule has 1 aliphatic rings. The molecule has 1 saturated carbocycles. The van der Waals surface area contributed by atoms with Gasteiger partial charge in [-0.3, -0.25) is 10.1 Å². The molecule has 5 heteroatoms. The second kappa shape index (κ2) is 5.70. The highest BCUT2D eigenvalue weighted by Crippen LogP contribution is 2.30. The van der Waals surface area contributed by atoms with Gasteiger partial charge in [-0.1, -0.05) is 13.3 Å². The van der Waals surface area contributed by atoms with E-state index in [4.69, 9.17) is 10.00 Å². The minimum absolute atomic E-state index is 0.0472. The van der Waals surface area contributed by atoms with Crippen molar-refractivity contribution in [2.45, 2.75) is 38.7 Å². The molecule has 0 heterocycles. The molecule has 1 aromatic carbocycles. The fourth-order valence-corrected chi connectivity index (χ4v) is 2.47. The third kappa shape index (κ3) is 3.02. The van der Waals surface area contributed by atoms with Crippen LogP contribution in [0.3, 0.4) is 0 Å². The molecule has 1 aromatic rings. The average molecular weight is 260 g/mol. The number of nitro benzene ring substituents is 1. The van der Waals surface area contributed by atoms with Crippen molar-refractivity contribution < 1.29 is 9.66 Å². The average Bonchev–Trinajstić information content (AvgIpc) is 2.41. The number of nitriles is 1. The molecule has 19 heavy (non-hydrogen) atoms. The van der Waals surface area contributed by atoms with Crippen LogP contribution in [0.1, 0.15) is 38.2 Å². The summed E-state index contributed by atoms with van der Waals surface area (Å²) in [4.78, 5) is 10.2. The summed E-state index contributed by atoms with van der Waals surface area (Å²) in [6, 6.07) is 6.21. The molecule has 1 aliphatic carbocycles. The largest absolute Gasteiger partial charge is 0.490 e. The topological polar surface area (TPSA) is 76.2 Å². The third-order valence-corrected chi connectivity index (χ3v) is 3.61. The molecule has 1 fully saturated rings. The van der Waals surface area contributed by atoms with Gasteiger partial charge in [-0.15, -0.1) is 0 Å². The van der Waals surface area contributed by atoms with Gasteiger partial charge >= 0.3 is 0 Å². The molecule has 0 N–H and O–H groups in total. The van der Waals surface area contributed by atoms with Crippen LogP contribution in [0, 0.1) is 27.4 Å². The number of ether oxygens (including phenoxy) is 1. The highest BCUT2D eigenvalue weighted by molar-refractivity contribution is 5.52. The first-order valence-corrected chi connectivity index (χ1v) is 6.47. The second-order valence-corrected chi connectivity index (χ2v) is 4.97. The molecular formula is C14H16N2O3. The van der Waals surface area contributed by atoms with Gasteiger partial charge in [0.1, 0.15) is 23.5 Å². The van der Waals surface area contributed by atoms with Crippen LogP contribution in [0.2, 0.25) is 0 Å². The summed E-state index contributed by atoms with van der Waals surface area (Å²) in [6.07, 6.45) is 4.66. The first kappa shape index (κ1) is 13.3. The van der Waals surface area contributed by atoms with Crippen LogP contribution in [0.15, 0.2) is 18.2 Å². The lowest BCUT2D eigenvalue weighted by Crippen LogP contribution is -2.28. The molecule has 0 amide bonds.